The molecule has 3 rings (SSSR count). The molecule has 3 amide bonds. The molecule has 0 radical (unpaired) electrons. The van der Waals surface area contributed by atoms with Crippen molar-refractivity contribution in [2.75, 3.05) is 0 Å². The third kappa shape index (κ3) is 5.01. The van der Waals surface area contributed by atoms with Crippen LogP contribution in [0.2, 0.25) is 5.02 Å². The zero-order valence-electron chi connectivity index (χ0n) is 15.2. The van der Waals surface area contributed by atoms with E-state index in [4.69, 9.17) is 11.6 Å². The third-order valence-corrected chi connectivity index (χ3v) is 5.90. The van der Waals surface area contributed by atoms with Gasteiger partial charge in [0, 0.05) is 23.7 Å². The lowest BCUT2D eigenvalue weighted by atomic mass is 10.2. The Morgan fingerprint density at radius 1 is 1.22 bits per heavy atom. The van der Waals surface area contributed by atoms with Crippen molar-refractivity contribution < 1.29 is 9.59 Å². The summed E-state index contributed by atoms with van der Waals surface area (Å²) < 4.78 is 1.82. The minimum absolute atomic E-state index is 0.168. The summed E-state index contributed by atoms with van der Waals surface area (Å²) in [6.45, 7) is 1.74. The van der Waals surface area contributed by atoms with Crippen molar-refractivity contribution in [2.45, 2.75) is 49.1 Å². The molecular weight excluding hydrogens is 386 g/mol. The first-order chi connectivity index (χ1) is 12.9. The number of hydrogen-bond acceptors (Lipinski definition) is 5. The molecule has 1 heterocycles. The fourth-order valence-corrected chi connectivity index (χ4v) is 3.93. The van der Waals surface area contributed by atoms with Gasteiger partial charge in [-0.15, -0.1) is 10.2 Å². The van der Waals surface area contributed by atoms with E-state index in [-0.39, 0.29) is 11.9 Å². The van der Waals surface area contributed by atoms with Crippen molar-refractivity contribution in [2.24, 2.45) is 7.05 Å². The summed E-state index contributed by atoms with van der Waals surface area (Å²) in [6, 6.07) is 7.05. The summed E-state index contributed by atoms with van der Waals surface area (Å²) >= 11 is 7.17. The molecule has 1 aliphatic carbocycles. The second-order valence-corrected chi connectivity index (χ2v) is 8.32. The Kier molecular flexibility index (Phi) is 6.38. The minimum atomic E-state index is -0.486. The van der Waals surface area contributed by atoms with Crippen LogP contribution in [0.3, 0.4) is 0 Å². The lowest BCUT2D eigenvalue weighted by Crippen LogP contribution is -2.45. The van der Waals surface area contributed by atoms with E-state index in [9.17, 15) is 9.59 Å². The van der Waals surface area contributed by atoms with E-state index >= 15 is 0 Å². The van der Waals surface area contributed by atoms with Crippen molar-refractivity contribution in [3.05, 3.63) is 29.3 Å². The Labute approximate surface area is 167 Å². The van der Waals surface area contributed by atoms with Crippen molar-refractivity contribution in [3.8, 4) is 11.4 Å². The van der Waals surface area contributed by atoms with Crippen LogP contribution in [0, 0.1) is 0 Å². The molecule has 1 atom stereocenters. The Bertz CT molecular complexity index is 818. The van der Waals surface area contributed by atoms with Gasteiger partial charge in [0.2, 0.25) is 5.91 Å². The van der Waals surface area contributed by atoms with Gasteiger partial charge in [-0.1, -0.05) is 36.2 Å². The van der Waals surface area contributed by atoms with Crippen LogP contribution in [0.1, 0.15) is 32.6 Å². The van der Waals surface area contributed by atoms with Crippen LogP contribution >= 0.6 is 23.4 Å². The first kappa shape index (κ1) is 19.7. The molecule has 1 saturated carbocycles. The fourth-order valence-electron chi connectivity index (χ4n) is 2.98. The average Bonchev–Trinajstić information content (AvgIpc) is 3.26. The normalized spacial score (nSPS) is 15.5. The van der Waals surface area contributed by atoms with E-state index in [2.05, 4.69) is 20.8 Å². The first-order valence-electron chi connectivity index (χ1n) is 8.87. The molecule has 1 aliphatic rings. The maximum atomic E-state index is 12.3. The molecular formula is C18H22ClN5O2S. The Morgan fingerprint density at radius 2 is 1.89 bits per heavy atom. The molecule has 0 aliphatic heterocycles. The highest BCUT2D eigenvalue weighted by Crippen LogP contribution is 2.26. The predicted molar refractivity (Wildman–Crippen MR) is 106 cm³/mol. The molecule has 9 heteroatoms. The fraction of sp³-hybridized carbons (Fsp3) is 0.444. The molecule has 0 bridgehead atoms. The minimum Gasteiger partial charge on any atom is -0.335 e. The SMILES string of the molecule is C[C@@H](Sc1nnc(-c2ccc(Cl)cc2)n1C)C(=O)NC(=O)NC1CCCC1. The van der Waals surface area contributed by atoms with Crippen LogP contribution in [-0.4, -0.2) is 38.0 Å². The zero-order valence-corrected chi connectivity index (χ0v) is 16.8. The second kappa shape index (κ2) is 8.75. The standard InChI is InChI=1S/C18H22ClN5O2S/c1-11(16(25)21-17(26)20-14-5-3-4-6-14)27-18-23-22-15(24(18)2)12-7-9-13(19)10-8-12/h7-11,14H,3-6H2,1-2H3,(H2,20,21,25,26)/t11-/m1/s1. The molecule has 27 heavy (non-hydrogen) atoms. The predicted octanol–water partition coefficient (Wildman–Crippen LogP) is 3.38. The van der Waals surface area contributed by atoms with Crippen molar-refractivity contribution in [3.63, 3.8) is 0 Å². The van der Waals surface area contributed by atoms with Gasteiger partial charge >= 0.3 is 6.03 Å². The highest BCUT2D eigenvalue weighted by Gasteiger charge is 2.23. The molecule has 144 valence electrons. The van der Waals surface area contributed by atoms with E-state index in [0.717, 1.165) is 31.2 Å². The van der Waals surface area contributed by atoms with Gasteiger partial charge in [0.05, 0.1) is 5.25 Å². The molecule has 0 saturated heterocycles. The van der Waals surface area contributed by atoms with Gasteiger partial charge in [0.25, 0.3) is 0 Å². The summed E-state index contributed by atoms with van der Waals surface area (Å²) in [5, 5.41) is 14.4. The number of nitrogens with one attached hydrogen (secondary N) is 2. The highest BCUT2D eigenvalue weighted by molar-refractivity contribution is 8.00. The molecule has 1 aromatic carbocycles. The summed E-state index contributed by atoms with van der Waals surface area (Å²) in [6.07, 6.45) is 4.18. The number of nitrogens with zero attached hydrogens (tertiary/aromatic N) is 3. The summed E-state index contributed by atoms with van der Waals surface area (Å²) in [5.41, 5.74) is 0.884. The van der Waals surface area contributed by atoms with Crippen LogP contribution in [-0.2, 0) is 11.8 Å². The maximum absolute atomic E-state index is 12.3. The number of carbonyl (C=O) groups excluding carboxylic acids is 2. The van der Waals surface area contributed by atoms with E-state index in [1.54, 1.807) is 19.1 Å². The molecule has 2 aromatic rings. The zero-order chi connectivity index (χ0) is 19.4. The summed E-state index contributed by atoms with van der Waals surface area (Å²) in [4.78, 5) is 24.2. The lowest BCUT2D eigenvalue weighted by Gasteiger charge is -2.14. The molecule has 0 spiro atoms. The van der Waals surface area contributed by atoms with Crippen molar-refractivity contribution >= 4 is 35.3 Å². The topological polar surface area (TPSA) is 88.9 Å². The second-order valence-electron chi connectivity index (χ2n) is 6.58. The largest absolute Gasteiger partial charge is 0.335 e. The molecule has 2 N–H and O–H groups in total. The lowest BCUT2D eigenvalue weighted by molar-refractivity contribution is -0.119. The monoisotopic (exact) mass is 407 g/mol. The van der Waals surface area contributed by atoms with Crippen LogP contribution in [0.4, 0.5) is 4.79 Å². The molecule has 0 unspecified atom stereocenters. The Morgan fingerprint density at radius 3 is 2.56 bits per heavy atom. The number of imide groups is 1. The quantitative estimate of drug-likeness (QED) is 0.741. The number of amides is 3. The van der Waals surface area contributed by atoms with Gasteiger partial charge in [-0.2, -0.15) is 0 Å². The van der Waals surface area contributed by atoms with Gasteiger partial charge in [-0.25, -0.2) is 4.79 Å². The van der Waals surface area contributed by atoms with Gasteiger partial charge in [0.15, 0.2) is 11.0 Å². The maximum Gasteiger partial charge on any atom is 0.321 e. The summed E-state index contributed by atoms with van der Waals surface area (Å²) in [5.74, 6) is 0.326. The molecule has 1 aromatic heterocycles. The van der Waals surface area contributed by atoms with E-state index in [0.29, 0.717) is 16.0 Å². The van der Waals surface area contributed by atoms with E-state index < -0.39 is 11.3 Å². The van der Waals surface area contributed by atoms with Crippen LogP contribution in [0.25, 0.3) is 11.4 Å². The average molecular weight is 408 g/mol. The Balaban J connectivity index is 1.58. The van der Waals surface area contributed by atoms with Crippen molar-refractivity contribution in [1.29, 1.82) is 0 Å². The number of thioether (sulfide) groups is 1. The third-order valence-electron chi connectivity index (χ3n) is 4.52. The van der Waals surface area contributed by atoms with Gasteiger partial charge in [0.1, 0.15) is 0 Å². The number of aromatic nitrogens is 3. The van der Waals surface area contributed by atoms with Gasteiger partial charge in [-0.05, 0) is 44.0 Å². The molecule has 7 nitrogen and oxygen atoms in total. The highest BCUT2D eigenvalue weighted by atomic mass is 35.5. The smallest absolute Gasteiger partial charge is 0.321 e. The van der Waals surface area contributed by atoms with Gasteiger partial charge in [-0.3, -0.25) is 10.1 Å². The molecule has 1 fully saturated rings. The number of hydrogen-bond donors (Lipinski definition) is 2. The number of carbonyl (C=O) groups is 2. The van der Waals surface area contributed by atoms with Crippen LogP contribution < -0.4 is 10.6 Å². The summed E-state index contributed by atoms with van der Waals surface area (Å²) in [7, 11) is 1.84. The first-order valence-corrected chi connectivity index (χ1v) is 10.1. The number of benzene rings is 1. The van der Waals surface area contributed by atoms with E-state index in [1.165, 1.54) is 11.8 Å². The van der Waals surface area contributed by atoms with Crippen molar-refractivity contribution in [1.82, 2.24) is 25.4 Å². The number of halogens is 1. The van der Waals surface area contributed by atoms with Gasteiger partial charge < -0.3 is 9.88 Å². The van der Waals surface area contributed by atoms with E-state index in [1.807, 2.05) is 23.7 Å². The van der Waals surface area contributed by atoms with Crippen LogP contribution in [0.15, 0.2) is 29.4 Å². The number of urea groups is 1. The van der Waals surface area contributed by atoms with Crippen LogP contribution in [0.5, 0.6) is 0 Å². The Hall–Kier alpha value is -2.06. The number of rotatable bonds is 5.